The number of ether oxygens (including phenoxy) is 1. The summed E-state index contributed by atoms with van der Waals surface area (Å²) in [4.78, 5) is 0. The summed E-state index contributed by atoms with van der Waals surface area (Å²) in [6, 6.07) is 5.17. The summed E-state index contributed by atoms with van der Waals surface area (Å²) in [5, 5.41) is 0. The predicted octanol–water partition coefficient (Wildman–Crippen LogP) is 4.74. The number of benzene rings is 1. The fraction of sp³-hybridized carbons (Fsp3) is 0.455. The van der Waals surface area contributed by atoms with Gasteiger partial charge >= 0.3 is 18.5 Å². The van der Waals surface area contributed by atoms with Crippen molar-refractivity contribution in [2.45, 2.75) is 24.6 Å². The van der Waals surface area contributed by atoms with Crippen LogP contribution in [0.25, 0.3) is 0 Å². The SMILES string of the molecule is FC(F)(F)C(Oc1ccccc1)C(C(F)(F)F)C(F)(F)F. The second-order valence-corrected chi connectivity index (χ2v) is 3.95. The number of para-hydroxylation sites is 1. The Labute approximate surface area is 112 Å². The van der Waals surface area contributed by atoms with Crippen molar-refractivity contribution in [3.8, 4) is 5.75 Å². The molecule has 0 aliphatic rings. The van der Waals surface area contributed by atoms with E-state index in [2.05, 4.69) is 4.74 Å². The van der Waals surface area contributed by atoms with Crippen LogP contribution >= 0.6 is 0 Å². The number of rotatable bonds is 3. The highest BCUT2D eigenvalue weighted by atomic mass is 19.4. The average molecular weight is 326 g/mol. The molecular weight excluding hydrogens is 319 g/mol. The van der Waals surface area contributed by atoms with Crippen LogP contribution in [0.15, 0.2) is 30.3 Å². The molecule has 0 bridgehead atoms. The first-order valence-electron chi connectivity index (χ1n) is 5.25. The Kier molecular flexibility index (Phi) is 4.69. The third-order valence-corrected chi connectivity index (χ3v) is 2.34. The second-order valence-electron chi connectivity index (χ2n) is 3.95. The Morgan fingerprint density at radius 3 is 1.43 bits per heavy atom. The van der Waals surface area contributed by atoms with E-state index in [-0.39, 0.29) is 0 Å². The van der Waals surface area contributed by atoms with Crippen LogP contribution in [0.2, 0.25) is 0 Å². The van der Waals surface area contributed by atoms with Crippen LogP contribution in [0, 0.1) is 5.92 Å². The molecule has 0 spiro atoms. The molecule has 0 aliphatic heterocycles. The van der Waals surface area contributed by atoms with Crippen molar-refractivity contribution < 1.29 is 44.3 Å². The number of hydrogen-bond donors (Lipinski definition) is 0. The first-order valence-corrected chi connectivity index (χ1v) is 5.25. The quantitative estimate of drug-likeness (QED) is 0.729. The van der Waals surface area contributed by atoms with Crippen LogP contribution < -0.4 is 4.74 Å². The fourth-order valence-corrected chi connectivity index (χ4v) is 1.50. The molecule has 1 atom stereocenters. The Balaban J connectivity index is 3.23. The van der Waals surface area contributed by atoms with E-state index in [0.717, 1.165) is 24.3 Å². The van der Waals surface area contributed by atoms with E-state index in [9.17, 15) is 39.5 Å². The van der Waals surface area contributed by atoms with Crippen LogP contribution in [0.1, 0.15) is 0 Å². The van der Waals surface area contributed by atoms with Gasteiger partial charge in [-0.3, -0.25) is 0 Å². The molecule has 0 saturated carbocycles. The maximum absolute atomic E-state index is 12.6. The highest BCUT2D eigenvalue weighted by Crippen LogP contribution is 2.46. The normalized spacial score (nSPS) is 15.1. The van der Waals surface area contributed by atoms with E-state index in [1.165, 1.54) is 6.07 Å². The van der Waals surface area contributed by atoms with Gasteiger partial charge in [-0.05, 0) is 12.1 Å². The minimum Gasteiger partial charge on any atom is -0.480 e. The first-order chi connectivity index (χ1) is 9.33. The van der Waals surface area contributed by atoms with Gasteiger partial charge < -0.3 is 4.74 Å². The van der Waals surface area contributed by atoms with Crippen molar-refractivity contribution in [3.05, 3.63) is 30.3 Å². The lowest BCUT2D eigenvalue weighted by atomic mass is 10.0. The Morgan fingerprint density at radius 2 is 1.10 bits per heavy atom. The van der Waals surface area contributed by atoms with E-state index in [1.807, 2.05) is 0 Å². The van der Waals surface area contributed by atoms with Gasteiger partial charge in [0, 0.05) is 0 Å². The van der Waals surface area contributed by atoms with E-state index in [1.54, 1.807) is 0 Å². The molecule has 0 amide bonds. The molecule has 0 radical (unpaired) electrons. The third-order valence-electron chi connectivity index (χ3n) is 2.34. The molecule has 10 heteroatoms. The van der Waals surface area contributed by atoms with Crippen molar-refractivity contribution in [2.75, 3.05) is 0 Å². The summed E-state index contributed by atoms with van der Waals surface area (Å²) >= 11 is 0. The zero-order chi connectivity index (χ0) is 16.5. The van der Waals surface area contributed by atoms with Crippen LogP contribution in [-0.4, -0.2) is 24.6 Å². The van der Waals surface area contributed by atoms with Crippen molar-refractivity contribution in [1.82, 2.24) is 0 Å². The summed E-state index contributed by atoms with van der Waals surface area (Å²) in [6.45, 7) is 0. The topological polar surface area (TPSA) is 9.23 Å². The number of halogens is 9. The molecule has 0 aromatic heterocycles. The van der Waals surface area contributed by atoms with Gasteiger partial charge in [-0.2, -0.15) is 39.5 Å². The van der Waals surface area contributed by atoms with Crippen LogP contribution in [-0.2, 0) is 0 Å². The van der Waals surface area contributed by atoms with Gasteiger partial charge in [-0.1, -0.05) is 18.2 Å². The van der Waals surface area contributed by atoms with Gasteiger partial charge in [-0.15, -0.1) is 0 Å². The lowest BCUT2D eigenvalue weighted by Crippen LogP contribution is -2.53. The molecular formula is C11H7F9O. The number of alkyl halides is 9. The smallest absolute Gasteiger partial charge is 0.426 e. The molecule has 0 N–H and O–H groups in total. The highest BCUT2D eigenvalue weighted by Gasteiger charge is 2.68. The predicted molar refractivity (Wildman–Crippen MR) is 52.5 cm³/mol. The first kappa shape index (κ1) is 17.4. The molecule has 1 unspecified atom stereocenters. The lowest BCUT2D eigenvalue weighted by Gasteiger charge is -2.32. The van der Waals surface area contributed by atoms with Crippen LogP contribution in [0.3, 0.4) is 0 Å². The van der Waals surface area contributed by atoms with Gasteiger partial charge in [0.1, 0.15) is 5.75 Å². The van der Waals surface area contributed by atoms with Crippen molar-refractivity contribution in [2.24, 2.45) is 5.92 Å². The van der Waals surface area contributed by atoms with Gasteiger partial charge in [0.05, 0.1) is 0 Å². The molecule has 120 valence electrons. The van der Waals surface area contributed by atoms with Crippen LogP contribution in [0.5, 0.6) is 5.75 Å². The van der Waals surface area contributed by atoms with E-state index < -0.39 is 36.3 Å². The highest BCUT2D eigenvalue weighted by molar-refractivity contribution is 5.21. The third kappa shape index (κ3) is 4.71. The minimum absolute atomic E-state index is 0.752. The summed E-state index contributed by atoms with van der Waals surface area (Å²) in [5.74, 6) is -5.43. The van der Waals surface area contributed by atoms with Crippen molar-refractivity contribution in [3.63, 3.8) is 0 Å². The molecule has 1 aromatic carbocycles. The van der Waals surface area contributed by atoms with E-state index >= 15 is 0 Å². The Bertz CT molecular complexity index is 431. The van der Waals surface area contributed by atoms with Gasteiger partial charge in [-0.25, -0.2) is 0 Å². The largest absolute Gasteiger partial charge is 0.480 e. The molecule has 0 fully saturated rings. The Morgan fingerprint density at radius 1 is 0.667 bits per heavy atom. The average Bonchev–Trinajstić information content (AvgIpc) is 2.24. The molecule has 0 saturated heterocycles. The summed E-state index contributed by atoms with van der Waals surface area (Å²) < 4.78 is 116. The lowest BCUT2D eigenvalue weighted by molar-refractivity contribution is -0.340. The second kappa shape index (κ2) is 5.64. The zero-order valence-electron chi connectivity index (χ0n) is 9.85. The maximum Gasteiger partial charge on any atom is 0.426 e. The molecule has 0 aliphatic carbocycles. The van der Waals surface area contributed by atoms with E-state index in [4.69, 9.17) is 0 Å². The summed E-state index contributed by atoms with van der Waals surface area (Å²) in [6.07, 6.45) is -22.3. The van der Waals surface area contributed by atoms with E-state index in [0.29, 0.717) is 0 Å². The standard InChI is InChI=1S/C11H7F9O/c12-9(13,14)7(10(15,16)17)8(11(18,19)20)21-6-4-2-1-3-5-6/h1-5,7-8H. The zero-order valence-corrected chi connectivity index (χ0v) is 9.85. The molecule has 1 rings (SSSR count). The van der Waals surface area contributed by atoms with Gasteiger partial charge in [0.2, 0.25) is 6.10 Å². The Hall–Kier alpha value is -1.61. The molecule has 1 aromatic rings. The summed E-state index contributed by atoms with van der Waals surface area (Å²) in [5.41, 5.74) is 0. The molecule has 1 nitrogen and oxygen atoms in total. The van der Waals surface area contributed by atoms with Gasteiger partial charge in [0.15, 0.2) is 5.92 Å². The summed E-state index contributed by atoms with van der Waals surface area (Å²) in [7, 11) is 0. The maximum atomic E-state index is 12.6. The van der Waals surface area contributed by atoms with Crippen molar-refractivity contribution in [1.29, 1.82) is 0 Å². The molecule has 0 heterocycles. The number of hydrogen-bond acceptors (Lipinski definition) is 1. The van der Waals surface area contributed by atoms with Gasteiger partial charge in [0.25, 0.3) is 0 Å². The fourth-order valence-electron chi connectivity index (χ4n) is 1.50. The minimum atomic E-state index is -6.16. The molecule has 21 heavy (non-hydrogen) atoms. The van der Waals surface area contributed by atoms with Crippen LogP contribution in [0.4, 0.5) is 39.5 Å². The monoisotopic (exact) mass is 326 g/mol. The van der Waals surface area contributed by atoms with Crippen molar-refractivity contribution >= 4 is 0 Å².